The SMILES string of the molecule is C#C.C#C.C=C/C=c1/scc(S(=O)(=O)N2CCCCC2)/c1=C/C.CC(C)(C)NCc1ccc2c(c1)CCCC2.CC(N)=O. The molecule has 2 heterocycles. The molecule has 4 rings (SSSR count). The largest absolute Gasteiger partial charge is 0.370 e. The van der Waals surface area contributed by atoms with Crippen molar-refractivity contribution in [2.75, 3.05) is 13.1 Å². The summed E-state index contributed by atoms with van der Waals surface area (Å²) in [6.07, 6.45) is 29.7. The van der Waals surface area contributed by atoms with Crippen LogP contribution in [0.15, 0.2) is 41.1 Å². The standard InChI is InChI=1S/C15H23N.C14H19NO2S2.C2H5NO.2C2H2/c1-15(2,3)16-11-12-8-9-13-6-4-5-7-14(13)10-12;1-3-8-13-12(4-2)14(11-18-13)19(16,17)15-9-6-5-7-10-15;1-2(3)4;2*1-2/h8-10,16H,4-7,11H2,1-3H3;3-4,8,11H,1,5-7,9-10H2,2H3;1H3,(H2,3,4);2*1-2H/b;12-4+,13-8+;;;. The molecule has 6 nitrogen and oxygen atoms in total. The van der Waals surface area contributed by atoms with Gasteiger partial charge < -0.3 is 11.1 Å². The number of nitrogens with one attached hydrogen (secondary N) is 1. The van der Waals surface area contributed by atoms with Crippen molar-refractivity contribution in [2.45, 2.75) is 96.5 Å². The van der Waals surface area contributed by atoms with Gasteiger partial charge >= 0.3 is 0 Å². The number of fused-ring (bicyclic) bond motifs is 1. The summed E-state index contributed by atoms with van der Waals surface area (Å²) in [5.74, 6) is -0.333. The molecule has 3 N–H and O–H groups in total. The molecular formula is C35H51N3O3S2. The van der Waals surface area contributed by atoms with E-state index < -0.39 is 10.0 Å². The fourth-order valence-corrected chi connectivity index (χ4v) is 7.70. The smallest absolute Gasteiger partial charge is 0.244 e. The van der Waals surface area contributed by atoms with Gasteiger partial charge in [0.1, 0.15) is 4.90 Å². The van der Waals surface area contributed by atoms with Gasteiger partial charge in [0.2, 0.25) is 15.9 Å². The highest BCUT2D eigenvalue weighted by molar-refractivity contribution is 7.89. The summed E-state index contributed by atoms with van der Waals surface area (Å²) in [6.45, 7) is 15.8. The van der Waals surface area contributed by atoms with E-state index in [1.807, 2.05) is 19.1 Å². The van der Waals surface area contributed by atoms with Gasteiger partial charge in [-0.2, -0.15) is 4.31 Å². The molecular weight excluding hydrogens is 575 g/mol. The van der Waals surface area contributed by atoms with Crippen molar-refractivity contribution < 1.29 is 13.2 Å². The Morgan fingerprint density at radius 3 is 2.12 bits per heavy atom. The molecule has 2 aliphatic rings. The van der Waals surface area contributed by atoms with E-state index in [1.165, 1.54) is 49.5 Å². The van der Waals surface area contributed by atoms with Crippen molar-refractivity contribution in [3.8, 4) is 25.7 Å². The van der Waals surface area contributed by atoms with Crippen LogP contribution in [0.1, 0.15) is 83.4 Å². The molecule has 1 aromatic carbocycles. The minimum absolute atomic E-state index is 0.204. The van der Waals surface area contributed by atoms with E-state index >= 15 is 0 Å². The second-order valence-corrected chi connectivity index (χ2v) is 13.9. The van der Waals surface area contributed by atoms with Crippen molar-refractivity contribution in [1.29, 1.82) is 0 Å². The molecule has 0 spiro atoms. The van der Waals surface area contributed by atoms with Gasteiger partial charge in [0.05, 0.1) is 0 Å². The number of nitrogens with zero attached hydrogens (tertiary/aromatic N) is 1. The molecule has 2 aromatic rings. The average Bonchev–Trinajstić information content (AvgIpc) is 3.42. The summed E-state index contributed by atoms with van der Waals surface area (Å²) in [6, 6.07) is 7.00. The fourth-order valence-electron chi connectivity index (χ4n) is 4.59. The molecule has 1 aliphatic carbocycles. The number of aryl methyl sites for hydroxylation is 2. The molecule has 0 saturated carbocycles. The number of hydrogen-bond donors (Lipinski definition) is 2. The van der Waals surface area contributed by atoms with Crippen LogP contribution in [-0.4, -0.2) is 37.3 Å². The summed E-state index contributed by atoms with van der Waals surface area (Å²) in [5, 5.41) is 6.09. The molecule has 1 aliphatic heterocycles. The third kappa shape index (κ3) is 14.3. The minimum Gasteiger partial charge on any atom is -0.370 e. The number of carbonyl (C=O) groups excluding carboxylic acids is 1. The molecule has 1 fully saturated rings. The molecule has 0 atom stereocenters. The van der Waals surface area contributed by atoms with Crippen LogP contribution < -0.4 is 20.8 Å². The second kappa shape index (κ2) is 20.7. The van der Waals surface area contributed by atoms with Gasteiger partial charge in [-0.1, -0.05) is 43.4 Å². The average molecular weight is 626 g/mol. The predicted octanol–water partition coefficient (Wildman–Crippen LogP) is 5.13. The number of terminal acetylenes is 2. The van der Waals surface area contributed by atoms with Crippen molar-refractivity contribution in [1.82, 2.24) is 9.62 Å². The highest BCUT2D eigenvalue weighted by Gasteiger charge is 2.27. The van der Waals surface area contributed by atoms with Crippen molar-refractivity contribution in [3.63, 3.8) is 0 Å². The van der Waals surface area contributed by atoms with Crippen LogP contribution in [0.4, 0.5) is 0 Å². The lowest BCUT2D eigenvalue weighted by atomic mass is 9.90. The Morgan fingerprint density at radius 1 is 1.05 bits per heavy atom. The number of hydrogen-bond acceptors (Lipinski definition) is 5. The van der Waals surface area contributed by atoms with E-state index in [4.69, 9.17) is 0 Å². The first-order chi connectivity index (χ1) is 20.4. The van der Waals surface area contributed by atoms with Crippen molar-refractivity contribution in [2.24, 2.45) is 5.73 Å². The number of piperidine rings is 1. The fraction of sp³-hybridized carbons (Fsp3) is 0.457. The van der Waals surface area contributed by atoms with E-state index in [1.54, 1.807) is 26.9 Å². The van der Waals surface area contributed by atoms with Crippen LogP contribution in [0.25, 0.3) is 12.2 Å². The Hall–Kier alpha value is -3.14. The molecule has 0 unspecified atom stereocenters. The first-order valence-electron chi connectivity index (χ1n) is 14.5. The monoisotopic (exact) mass is 625 g/mol. The summed E-state index contributed by atoms with van der Waals surface area (Å²) in [4.78, 5) is 9.66. The van der Waals surface area contributed by atoms with E-state index in [2.05, 4.69) is 82.3 Å². The summed E-state index contributed by atoms with van der Waals surface area (Å²) in [5.41, 5.74) is 9.26. The van der Waals surface area contributed by atoms with Crippen LogP contribution in [0.2, 0.25) is 0 Å². The Bertz CT molecular complexity index is 1400. The maximum absolute atomic E-state index is 12.7. The molecule has 1 saturated heterocycles. The molecule has 0 bridgehead atoms. The van der Waals surface area contributed by atoms with Gasteiger partial charge in [-0.3, -0.25) is 4.79 Å². The van der Waals surface area contributed by atoms with Gasteiger partial charge in [-0.05, 0) is 89.0 Å². The topological polar surface area (TPSA) is 92.5 Å². The van der Waals surface area contributed by atoms with Gasteiger partial charge in [-0.25, -0.2) is 8.42 Å². The number of nitrogens with two attached hydrogens (primary N) is 1. The molecule has 1 amide bonds. The quantitative estimate of drug-likeness (QED) is 0.451. The van der Waals surface area contributed by atoms with E-state index in [0.29, 0.717) is 18.0 Å². The lowest BCUT2D eigenvalue weighted by Crippen LogP contribution is -2.38. The Labute approximate surface area is 265 Å². The lowest BCUT2D eigenvalue weighted by Gasteiger charge is -2.25. The van der Waals surface area contributed by atoms with E-state index in [9.17, 15) is 13.2 Å². The molecule has 43 heavy (non-hydrogen) atoms. The first-order valence-corrected chi connectivity index (χ1v) is 16.9. The lowest BCUT2D eigenvalue weighted by molar-refractivity contribution is -0.115. The summed E-state index contributed by atoms with van der Waals surface area (Å²) >= 11 is 1.45. The van der Waals surface area contributed by atoms with Gasteiger partial charge in [0.15, 0.2) is 0 Å². The normalized spacial score (nSPS) is 15.4. The van der Waals surface area contributed by atoms with Crippen LogP contribution in [0.5, 0.6) is 0 Å². The van der Waals surface area contributed by atoms with Crippen LogP contribution in [0, 0.1) is 25.7 Å². The van der Waals surface area contributed by atoms with Crippen LogP contribution >= 0.6 is 11.3 Å². The third-order valence-corrected chi connectivity index (χ3v) is 9.60. The summed E-state index contributed by atoms with van der Waals surface area (Å²) in [7, 11) is -3.34. The number of amides is 1. The number of thiophene rings is 1. The molecule has 0 radical (unpaired) electrons. The maximum Gasteiger partial charge on any atom is 0.244 e. The Morgan fingerprint density at radius 2 is 1.60 bits per heavy atom. The molecule has 8 heteroatoms. The number of rotatable bonds is 5. The van der Waals surface area contributed by atoms with Gasteiger partial charge in [0, 0.05) is 47.2 Å². The third-order valence-electron chi connectivity index (χ3n) is 6.55. The van der Waals surface area contributed by atoms with E-state index in [-0.39, 0.29) is 11.4 Å². The Balaban J connectivity index is 0.000000667. The zero-order valence-electron chi connectivity index (χ0n) is 26.7. The highest BCUT2D eigenvalue weighted by atomic mass is 32.2. The first kappa shape index (κ1) is 39.9. The highest BCUT2D eigenvalue weighted by Crippen LogP contribution is 2.22. The number of carbonyl (C=O) groups is 1. The van der Waals surface area contributed by atoms with Gasteiger partial charge in [0.25, 0.3) is 0 Å². The maximum atomic E-state index is 12.7. The molecule has 236 valence electrons. The van der Waals surface area contributed by atoms with Crippen LogP contribution in [0.3, 0.4) is 0 Å². The van der Waals surface area contributed by atoms with Crippen molar-refractivity contribution in [3.05, 3.63) is 62.7 Å². The Kier molecular flexibility index (Phi) is 19.2. The number of benzene rings is 1. The second-order valence-electron chi connectivity index (χ2n) is 11.1. The van der Waals surface area contributed by atoms with Crippen LogP contribution in [-0.2, 0) is 34.2 Å². The number of allylic oxidation sites excluding steroid dienone is 1. The number of sulfonamides is 1. The number of primary amides is 1. The zero-order valence-corrected chi connectivity index (χ0v) is 28.3. The molecule has 1 aromatic heterocycles. The zero-order chi connectivity index (χ0) is 33.1. The van der Waals surface area contributed by atoms with Gasteiger partial charge in [-0.15, -0.1) is 37.0 Å². The predicted molar refractivity (Wildman–Crippen MR) is 185 cm³/mol. The van der Waals surface area contributed by atoms with Crippen molar-refractivity contribution >= 4 is 39.4 Å². The summed E-state index contributed by atoms with van der Waals surface area (Å²) < 4.78 is 27.9. The minimum atomic E-state index is -3.34. The van der Waals surface area contributed by atoms with E-state index in [0.717, 1.165) is 35.6 Å².